The second-order valence-corrected chi connectivity index (χ2v) is 8.97. The standard InChI is InChI=1S/C15H12F5N5O3S2/c1-2-30(26,27)25(8-3-4-21-10(5-8)15(18,19)20)7-11-22-6-9(29-11)13-23-24-14(28-13)12(16)17/h3-6,12H,2,7H2,1H3. The molecule has 0 aliphatic carbocycles. The van der Waals surface area contributed by atoms with E-state index < -0.39 is 40.8 Å². The number of nitrogens with zero attached hydrogens (tertiary/aromatic N) is 5. The van der Waals surface area contributed by atoms with Crippen LogP contribution in [0.5, 0.6) is 0 Å². The van der Waals surface area contributed by atoms with Crippen LogP contribution in [0.3, 0.4) is 0 Å². The summed E-state index contributed by atoms with van der Waals surface area (Å²) in [5.74, 6) is -1.50. The SMILES string of the molecule is CCS(=O)(=O)N(Cc1ncc(-c2nnc(C(F)F)o2)s1)c1ccnc(C(F)(F)F)c1. The van der Waals surface area contributed by atoms with Crippen LogP contribution in [0.25, 0.3) is 10.8 Å². The fourth-order valence-electron chi connectivity index (χ4n) is 2.26. The molecule has 0 saturated heterocycles. The molecule has 0 unspecified atom stereocenters. The normalized spacial score (nSPS) is 12.5. The Kier molecular flexibility index (Phi) is 6.03. The summed E-state index contributed by atoms with van der Waals surface area (Å²) in [6, 6.07) is 1.75. The van der Waals surface area contributed by atoms with Gasteiger partial charge in [-0.25, -0.2) is 13.4 Å². The van der Waals surface area contributed by atoms with Crippen molar-refractivity contribution in [3.05, 3.63) is 41.1 Å². The number of pyridine rings is 1. The zero-order valence-electron chi connectivity index (χ0n) is 15.0. The van der Waals surface area contributed by atoms with Gasteiger partial charge in [0, 0.05) is 6.20 Å². The summed E-state index contributed by atoms with van der Waals surface area (Å²) < 4.78 is 94.6. The van der Waals surface area contributed by atoms with E-state index in [1.54, 1.807) is 0 Å². The molecule has 0 radical (unpaired) electrons. The molecule has 162 valence electrons. The van der Waals surface area contributed by atoms with Crippen molar-refractivity contribution < 1.29 is 34.8 Å². The zero-order chi connectivity index (χ0) is 22.1. The Hall–Kier alpha value is -2.68. The molecule has 3 aromatic rings. The second kappa shape index (κ2) is 8.22. The fraction of sp³-hybridized carbons (Fsp3) is 0.333. The molecular formula is C15H12F5N5O3S2. The predicted molar refractivity (Wildman–Crippen MR) is 95.2 cm³/mol. The molecule has 3 rings (SSSR count). The van der Waals surface area contributed by atoms with E-state index in [-0.39, 0.29) is 27.2 Å². The average Bonchev–Trinajstić information content (AvgIpc) is 3.35. The summed E-state index contributed by atoms with van der Waals surface area (Å²) in [6.45, 7) is 0.948. The van der Waals surface area contributed by atoms with Crippen LogP contribution < -0.4 is 4.31 Å². The summed E-state index contributed by atoms with van der Waals surface area (Å²) in [6.07, 6.45) is -5.65. The molecule has 0 N–H and O–H groups in total. The van der Waals surface area contributed by atoms with Gasteiger partial charge >= 0.3 is 12.6 Å². The number of thiazole rings is 1. The minimum absolute atomic E-state index is 0.171. The van der Waals surface area contributed by atoms with E-state index in [1.165, 1.54) is 13.1 Å². The Morgan fingerprint density at radius 3 is 2.57 bits per heavy atom. The topological polar surface area (TPSA) is 102 Å². The van der Waals surface area contributed by atoms with E-state index in [4.69, 9.17) is 4.42 Å². The van der Waals surface area contributed by atoms with Gasteiger partial charge in [0.25, 0.3) is 11.8 Å². The lowest BCUT2D eigenvalue weighted by Crippen LogP contribution is -2.32. The molecule has 0 amide bonds. The van der Waals surface area contributed by atoms with Gasteiger partial charge in [-0.2, -0.15) is 22.0 Å². The first-order chi connectivity index (χ1) is 14.0. The number of hydrogen-bond donors (Lipinski definition) is 0. The summed E-state index contributed by atoms with van der Waals surface area (Å²) in [4.78, 5) is 7.41. The Morgan fingerprint density at radius 1 is 1.23 bits per heavy atom. The van der Waals surface area contributed by atoms with Crippen LogP contribution in [0.2, 0.25) is 0 Å². The predicted octanol–water partition coefficient (Wildman–Crippen LogP) is 3.90. The molecule has 0 spiro atoms. The molecule has 0 aromatic carbocycles. The highest BCUT2D eigenvalue weighted by atomic mass is 32.2. The van der Waals surface area contributed by atoms with Crippen molar-refractivity contribution in [3.8, 4) is 10.8 Å². The average molecular weight is 469 g/mol. The zero-order valence-corrected chi connectivity index (χ0v) is 16.6. The molecule has 0 aliphatic heterocycles. The van der Waals surface area contributed by atoms with E-state index in [0.29, 0.717) is 6.07 Å². The van der Waals surface area contributed by atoms with E-state index in [9.17, 15) is 30.4 Å². The summed E-state index contributed by atoms with van der Waals surface area (Å²) in [7, 11) is -3.98. The molecule has 0 atom stereocenters. The number of anilines is 1. The van der Waals surface area contributed by atoms with E-state index in [0.717, 1.165) is 27.9 Å². The lowest BCUT2D eigenvalue weighted by molar-refractivity contribution is -0.141. The maximum Gasteiger partial charge on any atom is 0.433 e. The van der Waals surface area contributed by atoms with Gasteiger partial charge in [-0.15, -0.1) is 21.5 Å². The molecule has 0 fully saturated rings. The number of aromatic nitrogens is 4. The van der Waals surface area contributed by atoms with Gasteiger partial charge in [-0.3, -0.25) is 9.29 Å². The van der Waals surface area contributed by atoms with Gasteiger partial charge < -0.3 is 4.42 Å². The van der Waals surface area contributed by atoms with E-state index in [1.807, 2.05) is 0 Å². The minimum Gasteiger partial charge on any atom is -0.414 e. The number of rotatable bonds is 7. The first-order valence-corrected chi connectivity index (χ1v) is 10.5. The molecule has 0 saturated carbocycles. The number of alkyl halides is 5. The molecule has 3 aromatic heterocycles. The largest absolute Gasteiger partial charge is 0.433 e. The van der Waals surface area contributed by atoms with Crippen LogP contribution >= 0.6 is 11.3 Å². The van der Waals surface area contributed by atoms with Gasteiger partial charge in [-0.05, 0) is 19.1 Å². The quantitative estimate of drug-likeness (QED) is 0.484. The van der Waals surface area contributed by atoms with E-state index in [2.05, 4.69) is 20.2 Å². The fourth-order valence-corrected chi connectivity index (χ4v) is 4.24. The Labute approximate surface area is 170 Å². The summed E-state index contributed by atoms with van der Waals surface area (Å²) >= 11 is 0.874. The van der Waals surface area contributed by atoms with Crippen molar-refractivity contribution in [1.82, 2.24) is 20.2 Å². The first kappa shape index (κ1) is 22.0. The smallest absolute Gasteiger partial charge is 0.414 e. The van der Waals surface area contributed by atoms with Crippen molar-refractivity contribution in [2.75, 3.05) is 10.1 Å². The van der Waals surface area contributed by atoms with Crippen LogP contribution in [0.15, 0.2) is 28.9 Å². The lowest BCUT2D eigenvalue weighted by atomic mass is 10.3. The third kappa shape index (κ3) is 4.72. The van der Waals surface area contributed by atoms with Crippen molar-refractivity contribution in [3.63, 3.8) is 0 Å². The monoisotopic (exact) mass is 469 g/mol. The highest BCUT2D eigenvalue weighted by molar-refractivity contribution is 7.92. The van der Waals surface area contributed by atoms with Gasteiger partial charge in [-0.1, -0.05) is 0 Å². The number of sulfonamides is 1. The summed E-state index contributed by atoms with van der Waals surface area (Å²) in [5.41, 5.74) is -1.49. The summed E-state index contributed by atoms with van der Waals surface area (Å²) in [5, 5.41) is 6.83. The first-order valence-electron chi connectivity index (χ1n) is 8.11. The third-order valence-electron chi connectivity index (χ3n) is 3.69. The minimum atomic E-state index is -4.76. The number of hydrogen-bond acceptors (Lipinski definition) is 8. The van der Waals surface area contributed by atoms with Gasteiger partial charge in [0.05, 0.1) is 24.2 Å². The highest BCUT2D eigenvalue weighted by Crippen LogP contribution is 2.33. The van der Waals surface area contributed by atoms with Gasteiger partial charge in [0.15, 0.2) is 0 Å². The van der Waals surface area contributed by atoms with Crippen molar-refractivity contribution in [2.24, 2.45) is 0 Å². The highest BCUT2D eigenvalue weighted by Gasteiger charge is 2.34. The number of halogens is 5. The van der Waals surface area contributed by atoms with Crippen LogP contribution in [0.4, 0.5) is 27.6 Å². The van der Waals surface area contributed by atoms with Gasteiger partial charge in [0.2, 0.25) is 10.0 Å². The van der Waals surface area contributed by atoms with Crippen molar-refractivity contribution >= 4 is 27.0 Å². The van der Waals surface area contributed by atoms with Crippen LogP contribution in [-0.2, 0) is 22.7 Å². The molecule has 30 heavy (non-hydrogen) atoms. The molecule has 15 heteroatoms. The maximum absolute atomic E-state index is 13.0. The van der Waals surface area contributed by atoms with E-state index >= 15 is 0 Å². The van der Waals surface area contributed by atoms with Crippen molar-refractivity contribution in [1.29, 1.82) is 0 Å². The Morgan fingerprint density at radius 2 is 1.97 bits per heavy atom. The van der Waals surface area contributed by atoms with Gasteiger partial charge in [0.1, 0.15) is 15.6 Å². The molecule has 0 aliphatic rings. The maximum atomic E-state index is 13.0. The van der Waals surface area contributed by atoms with Crippen LogP contribution in [0, 0.1) is 0 Å². The second-order valence-electron chi connectivity index (χ2n) is 5.67. The Balaban J connectivity index is 1.93. The van der Waals surface area contributed by atoms with Crippen LogP contribution in [0.1, 0.15) is 29.9 Å². The van der Waals surface area contributed by atoms with Crippen molar-refractivity contribution in [2.45, 2.75) is 26.1 Å². The lowest BCUT2D eigenvalue weighted by Gasteiger charge is -2.23. The molecule has 0 bridgehead atoms. The Bertz CT molecular complexity index is 1130. The molecular weight excluding hydrogens is 457 g/mol. The van der Waals surface area contributed by atoms with Crippen LogP contribution in [-0.4, -0.2) is 34.3 Å². The molecule has 3 heterocycles. The molecule has 8 nitrogen and oxygen atoms in total. The third-order valence-corrected chi connectivity index (χ3v) is 6.40.